The highest BCUT2D eigenvalue weighted by atomic mass is 16.2. The van der Waals surface area contributed by atoms with Crippen LogP contribution in [0.15, 0.2) is 36.9 Å². The summed E-state index contributed by atoms with van der Waals surface area (Å²) < 4.78 is 0. The number of hydrogen-bond acceptors (Lipinski definition) is 3. The van der Waals surface area contributed by atoms with Crippen molar-refractivity contribution < 1.29 is 9.59 Å². The molecule has 0 aliphatic heterocycles. The van der Waals surface area contributed by atoms with Gasteiger partial charge >= 0.3 is 0 Å². The molecule has 0 spiro atoms. The summed E-state index contributed by atoms with van der Waals surface area (Å²) in [6.07, 6.45) is 1.61. The first-order valence-electron chi connectivity index (χ1n) is 6.53. The van der Waals surface area contributed by atoms with E-state index < -0.39 is 0 Å². The van der Waals surface area contributed by atoms with Crippen molar-refractivity contribution in [1.82, 2.24) is 10.6 Å². The molecule has 0 bridgehead atoms. The van der Waals surface area contributed by atoms with Crippen LogP contribution < -0.4 is 16.0 Å². The summed E-state index contributed by atoms with van der Waals surface area (Å²) in [5.41, 5.74) is 0.960. The van der Waals surface area contributed by atoms with E-state index in [0.717, 1.165) is 0 Å². The predicted molar refractivity (Wildman–Crippen MR) is 80.7 cm³/mol. The Morgan fingerprint density at radius 1 is 1.35 bits per heavy atom. The summed E-state index contributed by atoms with van der Waals surface area (Å²) >= 11 is 0. The van der Waals surface area contributed by atoms with Crippen molar-refractivity contribution in [1.29, 1.82) is 0 Å². The van der Waals surface area contributed by atoms with Crippen LogP contribution >= 0.6 is 0 Å². The molecule has 5 nitrogen and oxygen atoms in total. The van der Waals surface area contributed by atoms with Crippen molar-refractivity contribution in [3.63, 3.8) is 0 Å². The van der Waals surface area contributed by atoms with Crippen LogP contribution in [0, 0.1) is 5.92 Å². The second kappa shape index (κ2) is 8.12. The van der Waals surface area contributed by atoms with E-state index in [1.807, 2.05) is 6.92 Å². The van der Waals surface area contributed by atoms with Crippen LogP contribution in [-0.4, -0.2) is 32.0 Å². The minimum atomic E-state index is -0.234. The summed E-state index contributed by atoms with van der Waals surface area (Å²) in [5.74, 6) is -0.533. The fourth-order valence-electron chi connectivity index (χ4n) is 1.71. The zero-order valence-corrected chi connectivity index (χ0v) is 11.9. The van der Waals surface area contributed by atoms with Crippen LogP contribution in [0.3, 0.4) is 0 Å². The predicted octanol–water partition coefficient (Wildman–Crippen LogP) is 1.40. The third-order valence-corrected chi connectivity index (χ3v) is 2.79. The first-order valence-corrected chi connectivity index (χ1v) is 6.53. The molecule has 0 aromatic heterocycles. The third-order valence-electron chi connectivity index (χ3n) is 2.79. The molecule has 3 N–H and O–H groups in total. The summed E-state index contributed by atoms with van der Waals surface area (Å²) in [6.45, 7) is 6.34. The summed E-state index contributed by atoms with van der Waals surface area (Å²) in [7, 11) is 1.79. The Balaban J connectivity index is 2.82. The number of nitrogens with one attached hydrogen (secondary N) is 3. The Morgan fingerprint density at radius 2 is 2.05 bits per heavy atom. The highest BCUT2D eigenvalue weighted by Gasteiger charge is 2.16. The molecule has 1 unspecified atom stereocenters. The topological polar surface area (TPSA) is 70.2 Å². The van der Waals surface area contributed by atoms with E-state index in [1.54, 1.807) is 37.4 Å². The van der Waals surface area contributed by atoms with Gasteiger partial charge in [0.2, 0.25) is 5.91 Å². The van der Waals surface area contributed by atoms with Crippen LogP contribution in [0.2, 0.25) is 0 Å². The van der Waals surface area contributed by atoms with E-state index in [9.17, 15) is 9.59 Å². The van der Waals surface area contributed by atoms with Crippen molar-refractivity contribution in [3.05, 3.63) is 42.5 Å². The van der Waals surface area contributed by atoms with Gasteiger partial charge in [-0.05, 0) is 19.2 Å². The second-order valence-electron chi connectivity index (χ2n) is 4.49. The Hall–Kier alpha value is -2.14. The molecule has 108 valence electrons. The number of hydrogen-bond donors (Lipinski definition) is 3. The first-order chi connectivity index (χ1) is 9.60. The maximum atomic E-state index is 12.0. The molecule has 1 aromatic rings. The van der Waals surface area contributed by atoms with Crippen molar-refractivity contribution in [2.45, 2.75) is 6.92 Å². The third kappa shape index (κ3) is 4.51. The molecule has 1 aromatic carbocycles. The van der Waals surface area contributed by atoms with Crippen LogP contribution in [0.5, 0.6) is 0 Å². The maximum Gasteiger partial charge on any atom is 0.253 e. The SMILES string of the molecule is C=CCNC(=O)c1ccccc1NC(=O)C(C)CNC. The standard InChI is InChI=1S/C15H21N3O2/c1-4-9-17-15(20)12-7-5-6-8-13(12)18-14(19)11(2)10-16-3/h4-8,11,16H,1,9-10H2,2-3H3,(H,17,20)(H,18,19). The minimum absolute atomic E-state index is 0.122. The van der Waals surface area contributed by atoms with Gasteiger partial charge < -0.3 is 16.0 Å². The minimum Gasteiger partial charge on any atom is -0.349 e. The zero-order valence-electron chi connectivity index (χ0n) is 11.9. The average molecular weight is 275 g/mol. The molecular formula is C15H21N3O2. The normalized spacial score (nSPS) is 11.5. The van der Waals surface area contributed by atoms with Crippen LogP contribution in [0.1, 0.15) is 17.3 Å². The van der Waals surface area contributed by atoms with Gasteiger partial charge in [-0.1, -0.05) is 25.1 Å². The number of rotatable bonds is 7. The Morgan fingerprint density at radius 3 is 2.70 bits per heavy atom. The molecule has 0 aliphatic rings. The first kappa shape index (κ1) is 15.9. The van der Waals surface area contributed by atoms with Gasteiger partial charge in [-0.2, -0.15) is 0 Å². The fourth-order valence-corrected chi connectivity index (χ4v) is 1.71. The summed E-state index contributed by atoms with van der Waals surface area (Å²) in [4.78, 5) is 24.0. The summed E-state index contributed by atoms with van der Waals surface area (Å²) in [5, 5.41) is 8.43. The molecule has 0 heterocycles. The van der Waals surface area contributed by atoms with Crippen molar-refractivity contribution in [2.75, 3.05) is 25.5 Å². The van der Waals surface area contributed by atoms with Crippen LogP contribution in [-0.2, 0) is 4.79 Å². The van der Waals surface area contributed by atoms with E-state index in [1.165, 1.54) is 0 Å². The number of amides is 2. The molecule has 2 amide bonds. The monoisotopic (exact) mass is 275 g/mol. The van der Waals surface area contributed by atoms with E-state index in [2.05, 4.69) is 22.5 Å². The Labute approximate surface area is 119 Å². The highest BCUT2D eigenvalue weighted by Crippen LogP contribution is 2.15. The zero-order chi connectivity index (χ0) is 15.0. The number of benzene rings is 1. The van der Waals surface area contributed by atoms with Gasteiger partial charge in [-0.3, -0.25) is 9.59 Å². The number of carbonyl (C=O) groups excluding carboxylic acids is 2. The van der Waals surface area contributed by atoms with Gasteiger partial charge in [0.25, 0.3) is 5.91 Å². The molecule has 0 saturated heterocycles. The summed E-state index contributed by atoms with van der Waals surface area (Å²) in [6, 6.07) is 6.93. The quantitative estimate of drug-likeness (QED) is 0.659. The average Bonchev–Trinajstić information content (AvgIpc) is 2.45. The maximum absolute atomic E-state index is 12.0. The lowest BCUT2D eigenvalue weighted by Gasteiger charge is -2.14. The fraction of sp³-hybridized carbons (Fsp3) is 0.333. The van der Waals surface area contributed by atoms with Crippen molar-refractivity contribution >= 4 is 17.5 Å². The molecule has 1 atom stereocenters. The Bertz CT molecular complexity index is 486. The number of para-hydroxylation sites is 1. The molecule has 0 aliphatic carbocycles. The lowest BCUT2D eigenvalue weighted by Crippen LogP contribution is -2.30. The van der Waals surface area contributed by atoms with Gasteiger partial charge in [0, 0.05) is 19.0 Å². The van der Waals surface area contributed by atoms with Crippen molar-refractivity contribution in [2.24, 2.45) is 5.92 Å². The smallest absolute Gasteiger partial charge is 0.253 e. The van der Waals surface area contributed by atoms with E-state index >= 15 is 0 Å². The van der Waals surface area contributed by atoms with Gasteiger partial charge in [0.1, 0.15) is 0 Å². The van der Waals surface area contributed by atoms with Gasteiger partial charge in [0.15, 0.2) is 0 Å². The second-order valence-corrected chi connectivity index (χ2v) is 4.49. The van der Waals surface area contributed by atoms with E-state index in [-0.39, 0.29) is 17.7 Å². The molecule has 0 saturated carbocycles. The lowest BCUT2D eigenvalue weighted by atomic mass is 10.1. The van der Waals surface area contributed by atoms with Gasteiger partial charge in [-0.15, -0.1) is 6.58 Å². The molecule has 20 heavy (non-hydrogen) atoms. The largest absolute Gasteiger partial charge is 0.349 e. The van der Waals surface area contributed by atoms with Gasteiger partial charge in [-0.25, -0.2) is 0 Å². The highest BCUT2D eigenvalue weighted by molar-refractivity contribution is 6.04. The van der Waals surface area contributed by atoms with E-state index in [4.69, 9.17) is 0 Å². The van der Waals surface area contributed by atoms with Gasteiger partial charge in [0.05, 0.1) is 11.3 Å². The molecular weight excluding hydrogens is 254 g/mol. The van der Waals surface area contributed by atoms with Crippen molar-refractivity contribution in [3.8, 4) is 0 Å². The lowest BCUT2D eigenvalue weighted by molar-refractivity contribution is -0.119. The van der Waals surface area contributed by atoms with Crippen LogP contribution in [0.25, 0.3) is 0 Å². The number of carbonyl (C=O) groups is 2. The van der Waals surface area contributed by atoms with E-state index in [0.29, 0.717) is 24.3 Å². The molecule has 0 fully saturated rings. The molecule has 5 heteroatoms. The van der Waals surface area contributed by atoms with Crippen LogP contribution in [0.4, 0.5) is 5.69 Å². The molecule has 1 rings (SSSR count). The number of anilines is 1. The Kier molecular flexibility index (Phi) is 6.46. The molecule has 0 radical (unpaired) electrons.